The number of nitrogens with zero attached hydrogens (tertiary/aromatic N) is 1. The predicted molar refractivity (Wildman–Crippen MR) is 109 cm³/mol. The Morgan fingerprint density at radius 2 is 1.70 bits per heavy atom. The van der Waals surface area contributed by atoms with Crippen molar-refractivity contribution in [3.05, 3.63) is 59.1 Å². The molecular weight excluding hydrogens is 364 g/mol. The number of hydrogen-bond acceptors (Lipinski definition) is 3. The summed E-state index contributed by atoms with van der Waals surface area (Å²) in [7, 11) is 0. The van der Waals surface area contributed by atoms with Gasteiger partial charge in [-0.1, -0.05) is 23.7 Å². The number of para-hydroxylation sites is 1. The molecule has 0 aliphatic rings. The van der Waals surface area contributed by atoms with Crippen LogP contribution in [0.4, 0.5) is 5.69 Å². The first-order valence-corrected chi connectivity index (χ1v) is 9.49. The van der Waals surface area contributed by atoms with E-state index in [1.165, 1.54) is 0 Å². The van der Waals surface area contributed by atoms with E-state index in [9.17, 15) is 9.59 Å². The van der Waals surface area contributed by atoms with Crippen LogP contribution in [-0.4, -0.2) is 36.4 Å². The second-order valence-electron chi connectivity index (χ2n) is 5.98. The van der Waals surface area contributed by atoms with E-state index >= 15 is 0 Å². The van der Waals surface area contributed by atoms with Crippen molar-refractivity contribution in [2.45, 2.75) is 26.7 Å². The molecule has 0 aromatic heterocycles. The number of nitrogens with one attached hydrogen (secondary N) is 1. The van der Waals surface area contributed by atoms with Crippen molar-refractivity contribution in [3.8, 4) is 5.75 Å². The molecule has 0 unspecified atom stereocenters. The molecule has 0 saturated carbocycles. The summed E-state index contributed by atoms with van der Waals surface area (Å²) in [5.41, 5.74) is 1.05. The highest BCUT2D eigenvalue weighted by atomic mass is 35.5. The van der Waals surface area contributed by atoms with Crippen molar-refractivity contribution < 1.29 is 14.3 Å². The van der Waals surface area contributed by atoms with Crippen LogP contribution in [0.5, 0.6) is 5.75 Å². The number of halogens is 1. The quantitative estimate of drug-likeness (QED) is 0.637. The predicted octanol–water partition coefficient (Wildman–Crippen LogP) is 4.62. The van der Waals surface area contributed by atoms with Gasteiger partial charge in [-0.05, 0) is 56.7 Å². The van der Waals surface area contributed by atoms with E-state index in [1.807, 2.05) is 13.8 Å². The highest BCUT2D eigenvalue weighted by Gasteiger charge is 2.17. The lowest BCUT2D eigenvalue weighted by molar-refractivity contribution is -0.116. The van der Waals surface area contributed by atoms with Gasteiger partial charge in [-0.15, -0.1) is 0 Å². The van der Waals surface area contributed by atoms with Gasteiger partial charge in [-0.2, -0.15) is 0 Å². The molecule has 27 heavy (non-hydrogen) atoms. The minimum absolute atomic E-state index is 0.0815. The first-order chi connectivity index (χ1) is 13.0. The Balaban J connectivity index is 1.86. The summed E-state index contributed by atoms with van der Waals surface area (Å²) < 4.78 is 5.58. The summed E-state index contributed by atoms with van der Waals surface area (Å²) in [6.07, 6.45) is 0.877. The molecule has 0 radical (unpaired) electrons. The number of ether oxygens (including phenoxy) is 1. The molecule has 0 bridgehead atoms. The second-order valence-corrected chi connectivity index (χ2v) is 6.41. The van der Waals surface area contributed by atoms with Crippen molar-refractivity contribution in [1.29, 1.82) is 0 Å². The summed E-state index contributed by atoms with van der Waals surface area (Å²) >= 11 is 5.83. The molecule has 2 rings (SSSR count). The van der Waals surface area contributed by atoms with Crippen molar-refractivity contribution in [1.82, 2.24) is 4.90 Å². The number of anilines is 1. The molecule has 0 saturated heterocycles. The minimum Gasteiger partial charge on any atom is -0.494 e. The van der Waals surface area contributed by atoms with E-state index in [1.54, 1.807) is 53.4 Å². The monoisotopic (exact) mass is 388 g/mol. The Bertz CT molecular complexity index is 758. The van der Waals surface area contributed by atoms with Crippen molar-refractivity contribution in [3.63, 3.8) is 0 Å². The third-order valence-corrected chi connectivity index (χ3v) is 4.36. The molecule has 5 nitrogen and oxygen atoms in total. The smallest absolute Gasteiger partial charge is 0.255 e. The number of amides is 2. The zero-order valence-corrected chi connectivity index (χ0v) is 16.5. The van der Waals surface area contributed by atoms with Crippen LogP contribution in [0, 0.1) is 0 Å². The third kappa shape index (κ3) is 6.29. The highest BCUT2D eigenvalue weighted by molar-refractivity contribution is 6.30. The summed E-state index contributed by atoms with van der Waals surface area (Å²) in [6, 6.07) is 14.2. The summed E-state index contributed by atoms with van der Waals surface area (Å²) in [6.45, 7) is 5.54. The number of carbonyl (C=O) groups excluding carboxylic acids is 2. The van der Waals surface area contributed by atoms with Crippen LogP contribution in [0.15, 0.2) is 48.5 Å². The Hall–Kier alpha value is -2.53. The van der Waals surface area contributed by atoms with Gasteiger partial charge in [0.1, 0.15) is 5.75 Å². The Labute approximate surface area is 165 Å². The summed E-state index contributed by atoms with van der Waals surface area (Å²) in [4.78, 5) is 26.6. The Kier molecular flexibility index (Phi) is 8.14. The SMILES string of the molecule is CCN(CC)C(=O)c1ccccc1NC(=O)CCCOc1ccc(Cl)cc1. The van der Waals surface area contributed by atoms with Crippen molar-refractivity contribution in [2.75, 3.05) is 25.0 Å². The fourth-order valence-corrected chi connectivity index (χ4v) is 2.75. The van der Waals surface area contributed by atoms with E-state index in [0.29, 0.717) is 48.8 Å². The maximum absolute atomic E-state index is 12.6. The molecule has 0 fully saturated rings. The van der Waals surface area contributed by atoms with Gasteiger partial charge in [-0.25, -0.2) is 0 Å². The second kappa shape index (κ2) is 10.6. The van der Waals surface area contributed by atoms with E-state index in [2.05, 4.69) is 5.32 Å². The van der Waals surface area contributed by atoms with E-state index in [-0.39, 0.29) is 11.8 Å². The van der Waals surface area contributed by atoms with Crippen LogP contribution in [0.2, 0.25) is 5.02 Å². The summed E-state index contributed by atoms with van der Waals surface area (Å²) in [5, 5.41) is 3.49. The maximum atomic E-state index is 12.6. The lowest BCUT2D eigenvalue weighted by atomic mass is 10.1. The van der Waals surface area contributed by atoms with Crippen LogP contribution in [0.1, 0.15) is 37.0 Å². The Morgan fingerprint density at radius 3 is 2.37 bits per heavy atom. The molecule has 1 N–H and O–H groups in total. The van der Waals surface area contributed by atoms with Gasteiger partial charge >= 0.3 is 0 Å². The van der Waals surface area contributed by atoms with Gasteiger partial charge in [0.05, 0.1) is 17.9 Å². The van der Waals surface area contributed by atoms with E-state index in [0.717, 1.165) is 5.75 Å². The molecule has 6 heteroatoms. The zero-order valence-electron chi connectivity index (χ0n) is 15.7. The number of rotatable bonds is 9. The van der Waals surface area contributed by atoms with Gasteiger partial charge in [-0.3, -0.25) is 9.59 Å². The van der Waals surface area contributed by atoms with Gasteiger partial charge in [0.15, 0.2) is 0 Å². The van der Waals surface area contributed by atoms with Crippen LogP contribution in [-0.2, 0) is 4.79 Å². The number of hydrogen-bond donors (Lipinski definition) is 1. The minimum atomic E-state index is -0.144. The third-order valence-electron chi connectivity index (χ3n) is 4.11. The van der Waals surface area contributed by atoms with Crippen molar-refractivity contribution in [2.24, 2.45) is 0 Å². The van der Waals surface area contributed by atoms with Crippen LogP contribution >= 0.6 is 11.6 Å². The van der Waals surface area contributed by atoms with E-state index in [4.69, 9.17) is 16.3 Å². The van der Waals surface area contributed by atoms with Crippen LogP contribution in [0.25, 0.3) is 0 Å². The maximum Gasteiger partial charge on any atom is 0.255 e. The topological polar surface area (TPSA) is 58.6 Å². The fourth-order valence-electron chi connectivity index (χ4n) is 2.63. The van der Waals surface area contributed by atoms with Gasteiger partial charge in [0.2, 0.25) is 5.91 Å². The molecule has 0 aliphatic carbocycles. The lowest BCUT2D eigenvalue weighted by Gasteiger charge is -2.20. The molecular formula is C21H25ClN2O3. The largest absolute Gasteiger partial charge is 0.494 e. The number of carbonyl (C=O) groups is 2. The van der Waals surface area contributed by atoms with E-state index < -0.39 is 0 Å². The molecule has 0 heterocycles. The molecule has 0 aliphatic heterocycles. The average Bonchev–Trinajstić information content (AvgIpc) is 2.68. The molecule has 2 aromatic carbocycles. The average molecular weight is 389 g/mol. The molecule has 144 valence electrons. The molecule has 2 amide bonds. The van der Waals surface area contributed by atoms with Gasteiger partial charge < -0.3 is 15.0 Å². The number of benzene rings is 2. The summed E-state index contributed by atoms with van der Waals surface area (Å²) in [5.74, 6) is 0.492. The molecule has 0 spiro atoms. The molecule has 0 atom stereocenters. The van der Waals surface area contributed by atoms with Crippen LogP contribution < -0.4 is 10.1 Å². The zero-order chi connectivity index (χ0) is 19.6. The van der Waals surface area contributed by atoms with Gasteiger partial charge in [0, 0.05) is 24.5 Å². The lowest BCUT2D eigenvalue weighted by Crippen LogP contribution is -2.31. The molecule has 2 aromatic rings. The normalized spacial score (nSPS) is 10.3. The Morgan fingerprint density at radius 1 is 1.04 bits per heavy atom. The standard InChI is InChI=1S/C21H25ClN2O3/c1-3-24(4-2)21(26)18-8-5-6-9-19(18)23-20(25)10-7-15-27-17-13-11-16(22)12-14-17/h5-6,8-9,11-14H,3-4,7,10,15H2,1-2H3,(H,23,25). The first kappa shape index (κ1) is 20.8. The fraction of sp³-hybridized carbons (Fsp3) is 0.333. The van der Waals surface area contributed by atoms with Crippen LogP contribution in [0.3, 0.4) is 0 Å². The first-order valence-electron chi connectivity index (χ1n) is 9.11. The van der Waals surface area contributed by atoms with Crippen molar-refractivity contribution >= 4 is 29.1 Å². The van der Waals surface area contributed by atoms with Gasteiger partial charge in [0.25, 0.3) is 5.91 Å². The highest BCUT2D eigenvalue weighted by Crippen LogP contribution is 2.18.